The number of aryl methyl sites for hydroxylation is 1. The van der Waals surface area contributed by atoms with E-state index in [-0.39, 0.29) is 18.3 Å². The van der Waals surface area contributed by atoms with E-state index >= 15 is 0 Å². The molecule has 166 valence electrons. The van der Waals surface area contributed by atoms with Crippen molar-refractivity contribution in [3.63, 3.8) is 0 Å². The fraction of sp³-hybridized carbons (Fsp3) is 0.696. The summed E-state index contributed by atoms with van der Waals surface area (Å²) in [5, 5.41) is 3.21. The van der Waals surface area contributed by atoms with Crippen LogP contribution in [0.4, 0.5) is 0 Å². The van der Waals surface area contributed by atoms with Gasteiger partial charge in [0.2, 0.25) is 5.91 Å². The van der Waals surface area contributed by atoms with Crippen LogP contribution in [0.15, 0.2) is 18.2 Å². The molecule has 0 heterocycles. The number of nitrogens with one attached hydrogen (secondary N) is 1. The van der Waals surface area contributed by atoms with Gasteiger partial charge >= 0.3 is 0 Å². The van der Waals surface area contributed by atoms with Crippen molar-refractivity contribution < 1.29 is 14.3 Å². The van der Waals surface area contributed by atoms with Crippen LogP contribution in [0.2, 0.25) is 0 Å². The maximum absolute atomic E-state index is 12.1. The van der Waals surface area contributed by atoms with Gasteiger partial charge in [-0.25, -0.2) is 0 Å². The number of nitrogens with zero attached hydrogens (tertiary/aromatic N) is 1. The van der Waals surface area contributed by atoms with E-state index in [9.17, 15) is 4.79 Å². The second-order valence-electron chi connectivity index (χ2n) is 8.37. The van der Waals surface area contributed by atoms with E-state index in [0.717, 1.165) is 56.1 Å². The number of carbonyl (C=O) groups excluding carboxylic acids is 1. The van der Waals surface area contributed by atoms with Gasteiger partial charge in [-0.05, 0) is 82.7 Å². The molecule has 1 aromatic rings. The van der Waals surface area contributed by atoms with E-state index < -0.39 is 0 Å². The molecule has 0 bridgehead atoms. The molecule has 0 atom stereocenters. The first kappa shape index (κ1) is 25.6. The zero-order valence-corrected chi connectivity index (χ0v) is 19.4. The number of halogens is 1. The minimum absolute atomic E-state index is 0. The summed E-state index contributed by atoms with van der Waals surface area (Å²) in [6.07, 6.45) is 8.23. The summed E-state index contributed by atoms with van der Waals surface area (Å²) in [6, 6.07) is 6.53. The Morgan fingerprint density at radius 3 is 2.52 bits per heavy atom. The van der Waals surface area contributed by atoms with Gasteiger partial charge in [-0.15, -0.1) is 12.4 Å². The second kappa shape index (κ2) is 13.7. The van der Waals surface area contributed by atoms with Crippen LogP contribution < -0.4 is 14.8 Å². The summed E-state index contributed by atoms with van der Waals surface area (Å²) >= 11 is 0. The van der Waals surface area contributed by atoms with Crippen LogP contribution in [-0.4, -0.2) is 51.2 Å². The first-order valence-electron chi connectivity index (χ1n) is 10.7. The summed E-state index contributed by atoms with van der Waals surface area (Å²) in [5.74, 6) is 2.59. The summed E-state index contributed by atoms with van der Waals surface area (Å²) in [7, 11) is 5.73. The monoisotopic (exact) mass is 426 g/mol. The maximum atomic E-state index is 12.1. The van der Waals surface area contributed by atoms with Crippen molar-refractivity contribution in [2.45, 2.75) is 64.3 Å². The normalized spacial score (nSPS) is 18.8. The van der Waals surface area contributed by atoms with Gasteiger partial charge < -0.3 is 19.7 Å². The van der Waals surface area contributed by atoms with Crippen molar-refractivity contribution in [3.05, 3.63) is 23.8 Å². The van der Waals surface area contributed by atoms with E-state index in [2.05, 4.69) is 23.2 Å². The Hall–Kier alpha value is -1.46. The van der Waals surface area contributed by atoms with Crippen molar-refractivity contribution in [1.29, 1.82) is 0 Å². The SMILES string of the molecule is COc1cc(CCCCC(=O)N[C@H]2CC[C@H](C)CC2)ccc1OCCN(C)C.Cl. The molecule has 0 spiro atoms. The minimum atomic E-state index is 0. The molecule has 1 aromatic carbocycles. The molecular formula is C23H39ClN2O3. The molecule has 1 N–H and O–H groups in total. The van der Waals surface area contributed by atoms with Crippen molar-refractivity contribution >= 4 is 18.3 Å². The average molecular weight is 427 g/mol. The molecule has 1 fully saturated rings. The Morgan fingerprint density at radius 2 is 1.86 bits per heavy atom. The smallest absolute Gasteiger partial charge is 0.220 e. The van der Waals surface area contributed by atoms with Crippen LogP contribution >= 0.6 is 12.4 Å². The van der Waals surface area contributed by atoms with Crippen LogP contribution in [0.5, 0.6) is 11.5 Å². The fourth-order valence-electron chi connectivity index (χ4n) is 3.64. The van der Waals surface area contributed by atoms with E-state index in [0.29, 0.717) is 19.1 Å². The number of amides is 1. The lowest BCUT2D eigenvalue weighted by Crippen LogP contribution is -2.37. The number of ether oxygens (including phenoxy) is 2. The molecule has 2 rings (SSSR count). The molecule has 0 aliphatic heterocycles. The molecule has 1 aliphatic rings. The van der Waals surface area contributed by atoms with Crippen LogP contribution in [0, 0.1) is 5.92 Å². The van der Waals surface area contributed by atoms with Crippen LogP contribution in [0.25, 0.3) is 0 Å². The first-order valence-corrected chi connectivity index (χ1v) is 10.7. The Kier molecular flexibility index (Phi) is 12.1. The maximum Gasteiger partial charge on any atom is 0.220 e. The molecular weight excluding hydrogens is 388 g/mol. The van der Waals surface area contributed by atoms with Gasteiger partial charge in [0.25, 0.3) is 0 Å². The molecule has 1 amide bonds. The third-order valence-corrected chi connectivity index (χ3v) is 5.52. The van der Waals surface area contributed by atoms with E-state index in [4.69, 9.17) is 9.47 Å². The predicted octanol–water partition coefficient (Wildman–Crippen LogP) is 4.47. The first-order chi connectivity index (χ1) is 13.5. The summed E-state index contributed by atoms with van der Waals surface area (Å²) in [6.45, 7) is 3.81. The van der Waals surface area contributed by atoms with E-state index in [1.165, 1.54) is 18.4 Å². The summed E-state index contributed by atoms with van der Waals surface area (Å²) in [4.78, 5) is 14.2. The molecule has 0 unspecified atom stereocenters. The van der Waals surface area contributed by atoms with Gasteiger partial charge in [0.05, 0.1) is 7.11 Å². The largest absolute Gasteiger partial charge is 0.493 e. The topological polar surface area (TPSA) is 50.8 Å². The summed E-state index contributed by atoms with van der Waals surface area (Å²) < 4.78 is 11.3. The highest BCUT2D eigenvalue weighted by molar-refractivity contribution is 5.85. The lowest BCUT2D eigenvalue weighted by molar-refractivity contribution is -0.122. The highest BCUT2D eigenvalue weighted by atomic mass is 35.5. The van der Waals surface area contributed by atoms with Gasteiger partial charge in [-0.1, -0.05) is 13.0 Å². The zero-order valence-electron chi connectivity index (χ0n) is 18.5. The lowest BCUT2D eigenvalue weighted by Gasteiger charge is -2.26. The quantitative estimate of drug-likeness (QED) is 0.530. The number of unbranched alkanes of at least 4 members (excludes halogenated alkanes) is 1. The summed E-state index contributed by atoms with van der Waals surface area (Å²) in [5.41, 5.74) is 1.22. The number of likely N-dealkylation sites (N-methyl/N-ethyl adjacent to an activating group) is 1. The highest BCUT2D eigenvalue weighted by Gasteiger charge is 2.19. The van der Waals surface area contributed by atoms with E-state index in [1.807, 2.05) is 26.2 Å². The van der Waals surface area contributed by atoms with Crippen molar-refractivity contribution in [1.82, 2.24) is 10.2 Å². The number of hydrogen-bond acceptors (Lipinski definition) is 4. The standard InChI is InChI=1S/C23H38N2O3.ClH/c1-18-9-12-20(13-10-18)24-23(26)8-6-5-7-19-11-14-21(22(17-19)27-4)28-16-15-25(2)3;/h11,14,17-18,20H,5-10,12-13,15-16H2,1-4H3,(H,24,26);1H/t18-,20-;. The fourth-order valence-corrected chi connectivity index (χ4v) is 3.64. The number of rotatable bonds is 11. The molecule has 0 saturated heterocycles. The Bertz CT molecular complexity index is 602. The molecule has 0 radical (unpaired) electrons. The van der Waals surface area contributed by atoms with Crippen LogP contribution in [0.3, 0.4) is 0 Å². The highest BCUT2D eigenvalue weighted by Crippen LogP contribution is 2.29. The van der Waals surface area contributed by atoms with Crippen molar-refractivity contribution in [2.75, 3.05) is 34.4 Å². The average Bonchev–Trinajstić information content (AvgIpc) is 2.67. The van der Waals surface area contributed by atoms with Crippen LogP contribution in [0.1, 0.15) is 57.4 Å². The molecule has 29 heavy (non-hydrogen) atoms. The van der Waals surface area contributed by atoms with Crippen molar-refractivity contribution in [3.8, 4) is 11.5 Å². The Balaban J connectivity index is 0.00000420. The number of hydrogen-bond donors (Lipinski definition) is 1. The second-order valence-corrected chi connectivity index (χ2v) is 8.37. The zero-order chi connectivity index (χ0) is 20.4. The number of benzene rings is 1. The molecule has 5 nitrogen and oxygen atoms in total. The van der Waals surface area contributed by atoms with Crippen molar-refractivity contribution in [2.24, 2.45) is 5.92 Å². The van der Waals surface area contributed by atoms with Gasteiger partial charge in [0.15, 0.2) is 11.5 Å². The third-order valence-electron chi connectivity index (χ3n) is 5.52. The Morgan fingerprint density at radius 1 is 1.14 bits per heavy atom. The van der Waals surface area contributed by atoms with Gasteiger partial charge in [-0.3, -0.25) is 4.79 Å². The van der Waals surface area contributed by atoms with Gasteiger partial charge in [0, 0.05) is 19.0 Å². The molecule has 6 heteroatoms. The Labute approximate surface area is 182 Å². The number of carbonyl (C=O) groups is 1. The lowest BCUT2D eigenvalue weighted by atomic mass is 9.87. The minimum Gasteiger partial charge on any atom is -0.493 e. The van der Waals surface area contributed by atoms with Crippen LogP contribution in [-0.2, 0) is 11.2 Å². The van der Waals surface area contributed by atoms with Gasteiger partial charge in [-0.2, -0.15) is 0 Å². The molecule has 1 aliphatic carbocycles. The van der Waals surface area contributed by atoms with Gasteiger partial charge in [0.1, 0.15) is 6.61 Å². The number of methoxy groups -OCH3 is 1. The third kappa shape index (κ3) is 9.72. The molecule has 0 aromatic heterocycles. The molecule has 1 saturated carbocycles. The van der Waals surface area contributed by atoms with E-state index in [1.54, 1.807) is 7.11 Å². The predicted molar refractivity (Wildman–Crippen MR) is 121 cm³/mol.